The van der Waals surface area contributed by atoms with Crippen LogP contribution < -0.4 is 4.74 Å². The Morgan fingerprint density at radius 3 is 2.74 bits per heavy atom. The first-order valence-electron chi connectivity index (χ1n) is 8.11. The summed E-state index contributed by atoms with van der Waals surface area (Å²) in [6.07, 6.45) is 1.70. The van der Waals surface area contributed by atoms with E-state index in [1.165, 1.54) is 29.5 Å². The Morgan fingerprint density at radius 1 is 1.22 bits per heavy atom. The number of ether oxygens (including phenoxy) is 2. The Labute approximate surface area is 159 Å². The van der Waals surface area contributed by atoms with Crippen LogP contribution in [0.2, 0.25) is 0 Å². The van der Waals surface area contributed by atoms with Crippen molar-refractivity contribution in [2.75, 3.05) is 13.2 Å². The van der Waals surface area contributed by atoms with Crippen LogP contribution in [0.3, 0.4) is 0 Å². The lowest BCUT2D eigenvalue weighted by atomic mass is 10.1. The summed E-state index contributed by atoms with van der Waals surface area (Å²) < 4.78 is 25.1. The fourth-order valence-electron chi connectivity index (χ4n) is 2.63. The standard InChI is InChI=1S/C19H17FN2O4S/c1-12-8-16(13(2)22(12)19-21-6-7-27-19)17(23)10-26-18(24)11-25-15-5-3-4-14(20)9-15/h3-9H,10-11H2,1-2H3. The molecule has 0 saturated heterocycles. The fraction of sp³-hybridized carbons (Fsp3) is 0.211. The molecule has 0 aliphatic heterocycles. The third kappa shape index (κ3) is 4.40. The average molecular weight is 388 g/mol. The maximum Gasteiger partial charge on any atom is 0.344 e. The minimum absolute atomic E-state index is 0.213. The molecule has 3 rings (SSSR count). The molecule has 0 radical (unpaired) electrons. The molecule has 140 valence electrons. The quantitative estimate of drug-likeness (QED) is 0.458. The zero-order valence-corrected chi connectivity index (χ0v) is 15.6. The maximum atomic E-state index is 13.1. The lowest BCUT2D eigenvalue weighted by molar-refractivity contribution is -0.144. The van der Waals surface area contributed by atoms with Crippen LogP contribution >= 0.6 is 11.3 Å². The summed E-state index contributed by atoms with van der Waals surface area (Å²) in [5.74, 6) is -1.27. The molecule has 0 spiro atoms. The van der Waals surface area contributed by atoms with E-state index < -0.39 is 25.0 Å². The number of carbonyl (C=O) groups is 2. The van der Waals surface area contributed by atoms with Gasteiger partial charge in [0.15, 0.2) is 18.3 Å². The van der Waals surface area contributed by atoms with Crippen LogP contribution in [0.4, 0.5) is 4.39 Å². The summed E-state index contributed by atoms with van der Waals surface area (Å²) in [6, 6.07) is 7.17. The second-order valence-corrected chi connectivity index (χ2v) is 6.64. The van der Waals surface area contributed by atoms with Crippen LogP contribution in [0.1, 0.15) is 21.7 Å². The van der Waals surface area contributed by atoms with Crippen molar-refractivity contribution in [1.29, 1.82) is 0 Å². The number of esters is 1. The molecule has 3 aromatic rings. The molecule has 0 unspecified atom stereocenters. The van der Waals surface area contributed by atoms with Crippen molar-refractivity contribution < 1.29 is 23.5 Å². The minimum Gasteiger partial charge on any atom is -0.482 e. The van der Waals surface area contributed by atoms with Crippen LogP contribution in [-0.4, -0.2) is 34.5 Å². The molecule has 0 bridgehead atoms. The lowest BCUT2D eigenvalue weighted by Crippen LogP contribution is -2.19. The zero-order valence-electron chi connectivity index (χ0n) is 14.8. The summed E-state index contributed by atoms with van der Waals surface area (Å²) in [7, 11) is 0. The molecular formula is C19H17FN2O4S. The van der Waals surface area contributed by atoms with E-state index in [2.05, 4.69) is 4.98 Å². The first-order chi connectivity index (χ1) is 13.0. The lowest BCUT2D eigenvalue weighted by Gasteiger charge is -2.07. The number of halogens is 1. The van der Waals surface area contributed by atoms with E-state index in [4.69, 9.17) is 9.47 Å². The highest BCUT2D eigenvalue weighted by molar-refractivity contribution is 7.12. The minimum atomic E-state index is -0.707. The van der Waals surface area contributed by atoms with E-state index in [0.29, 0.717) is 5.56 Å². The number of thiazole rings is 1. The van der Waals surface area contributed by atoms with Gasteiger partial charge in [-0.15, -0.1) is 11.3 Å². The third-order valence-electron chi connectivity index (χ3n) is 3.86. The number of benzene rings is 1. The maximum absolute atomic E-state index is 13.1. The third-order valence-corrected chi connectivity index (χ3v) is 4.62. The normalized spacial score (nSPS) is 10.6. The Bertz CT molecular complexity index is 966. The van der Waals surface area contributed by atoms with Gasteiger partial charge in [-0.1, -0.05) is 6.07 Å². The molecule has 27 heavy (non-hydrogen) atoms. The zero-order chi connectivity index (χ0) is 19.4. The van der Waals surface area contributed by atoms with Crippen molar-refractivity contribution in [2.24, 2.45) is 0 Å². The molecule has 0 N–H and O–H groups in total. The Hall–Kier alpha value is -3.00. The molecule has 0 amide bonds. The smallest absolute Gasteiger partial charge is 0.344 e. The number of aromatic nitrogens is 2. The van der Waals surface area contributed by atoms with Gasteiger partial charge < -0.3 is 9.47 Å². The van der Waals surface area contributed by atoms with Crippen LogP contribution in [-0.2, 0) is 9.53 Å². The monoisotopic (exact) mass is 388 g/mol. The van der Waals surface area contributed by atoms with Gasteiger partial charge in [-0.3, -0.25) is 9.36 Å². The molecular weight excluding hydrogens is 371 g/mol. The summed E-state index contributed by atoms with van der Waals surface area (Å²) in [4.78, 5) is 28.5. The predicted octanol–water partition coefficient (Wildman–Crippen LogP) is 3.49. The van der Waals surface area contributed by atoms with E-state index >= 15 is 0 Å². The topological polar surface area (TPSA) is 70.4 Å². The molecule has 0 saturated carbocycles. The van der Waals surface area contributed by atoms with Crippen molar-refractivity contribution in [3.63, 3.8) is 0 Å². The van der Waals surface area contributed by atoms with E-state index in [9.17, 15) is 14.0 Å². The second kappa shape index (κ2) is 8.13. The number of carbonyl (C=O) groups excluding carboxylic acids is 2. The average Bonchev–Trinajstić information content (AvgIpc) is 3.25. The van der Waals surface area contributed by atoms with Crippen molar-refractivity contribution in [3.05, 3.63) is 64.7 Å². The number of hydrogen-bond acceptors (Lipinski definition) is 6. The van der Waals surface area contributed by atoms with Gasteiger partial charge in [0.05, 0.1) is 0 Å². The Balaban J connectivity index is 1.58. The van der Waals surface area contributed by atoms with Crippen molar-refractivity contribution in [1.82, 2.24) is 9.55 Å². The Kier molecular flexibility index (Phi) is 5.66. The molecule has 2 heterocycles. The van der Waals surface area contributed by atoms with Crippen molar-refractivity contribution in [2.45, 2.75) is 13.8 Å². The van der Waals surface area contributed by atoms with Gasteiger partial charge >= 0.3 is 5.97 Å². The summed E-state index contributed by atoms with van der Waals surface area (Å²) >= 11 is 1.47. The van der Waals surface area contributed by atoms with Crippen LogP contribution in [0.15, 0.2) is 41.9 Å². The van der Waals surface area contributed by atoms with Gasteiger partial charge in [-0.05, 0) is 32.0 Å². The van der Waals surface area contributed by atoms with Crippen LogP contribution in [0, 0.1) is 19.7 Å². The highest BCUT2D eigenvalue weighted by atomic mass is 32.1. The van der Waals surface area contributed by atoms with Gasteiger partial charge in [-0.25, -0.2) is 14.2 Å². The number of nitrogens with zero attached hydrogens (tertiary/aromatic N) is 2. The SMILES string of the molecule is Cc1cc(C(=O)COC(=O)COc2cccc(F)c2)c(C)n1-c1nccs1. The van der Waals surface area contributed by atoms with Gasteiger partial charge in [-0.2, -0.15) is 0 Å². The van der Waals surface area contributed by atoms with E-state index in [1.807, 2.05) is 23.8 Å². The summed E-state index contributed by atoms with van der Waals surface area (Å²) in [5.41, 5.74) is 2.08. The summed E-state index contributed by atoms with van der Waals surface area (Å²) in [5, 5.41) is 2.63. The number of hydrogen-bond donors (Lipinski definition) is 0. The Morgan fingerprint density at radius 2 is 2.04 bits per heavy atom. The largest absolute Gasteiger partial charge is 0.482 e. The molecule has 1 aromatic carbocycles. The van der Waals surface area contributed by atoms with Gasteiger partial charge in [0.1, 0.15) is 11.6 Å². The van der Waals surface area contributed by atoms with Crippen molar-refractivity contribution >= 4 is 23.1 Å². The van der Waals surface area contributed by atoms with Gasteiger partial charge in [0.2, 0.25) is 5.78 Å². The van der Waals surface area contributed by atoms with E-state index in [0.717, 1.165) is 22.6 Å². The van der Waals surface area contributed by atoms with Crippen LogP contribution in [0.25, 0.3) is 5.13 Å². The van der Waals surface area contributed by atoms with Crippen molar-refractivity contribution in [3.8, 4) is 10.9 Å². The molecule has 2 aromatic heterocycles. The number of rotatable bonds is 7. The fourth-order valence-corrected chi connectivity index (χ4v) is 3.38. The summed E-state index contributed by atoms with van der Waals surface area (Å²) in [6.45, 7) is 2.89. The molecule has 0 aliphatic carbocycles. The first kappa shape index (κ1) is 18.8. The van der Waals surface area contributed by atoms with Gasteiger partial charge in [0.25, 0.3) is 0 Å². The van der Waals surface area contributed by atoms with E-state index in [-0.39, 0.29) is 11.5 Å². The highest BCUT2D eigenvalue weighted by Crippen LogP contribution is 2.22. The molecule has 8 heteroatoms. The number of ketones is 1. The first-order valence-corrected chi connectivity index (χ1v) is 8.99. The van der Waals surface area contributed by atoms with Gasteiger partial charge in [0, 0.05) is 34.6 Å². The predicted molar refractivity (Wildman–Crippen MR) is 98.1 cm³/mol. The van der Waals surface area contributed by atoms with E-state index in [1.54, 1.807) is 12.3 Å². The molecule has 0 fully saturated rings. The van der Waals surface area contributed by atoms with Crippen LogP contribution in [0.5, 0.6) is 5.75 Å². The number of Topliss-reactive ketones (excluding diaryl/α,β-unsaturated/α-hetero) is 1. The molecule has 0 aliphatic rings. The molecule has 6 nitrogen and oxygen atoms in total. The number of aryl methyl sites for hydroxylation is 1. The molecule has 0 atom stereocenters. The second-order valence-electron chi connectivity index (χ2n) is 5.76. The highest BCUT2D eigenvalue weighted by Gasteiger charge is 2.19.